The van der Waals surface area contributed by atoms with Crippen LogP contribution < -0.4 is 27.4 Å². The molecule has 1 heterocycles. The smallest absolute Gasteiger partial charge is 0.328 e. The molecule has 3 aromatic rings. The first-order valence-corrected chi connectivity index (χ1v) is 13.1. The fraction of sp³-hybridized carbons (Fsp3) is 0.321. The fourth-order valence-electron chi connectivity index (χ4n) is 4.24. The number of aromatic amines is 1. The maximum Gasteiger partial charge on any atom is 0.328 e. The highest BCUT2D eigenvalue weighted by molar-refractivity contribution is 5.95. The molecule has 2 aromatic carbocycles. The normalized spacial score (nSPS) is 13.9. The number of carbonyl (C=O) groups is 5. The Kier molecular flexibility index (Phi) is 11.0. The zero-order chi connectivity index (χ0) is 30.8. The average Bonchev–Trinajstić information content (AvgIpc) is 3.37. The van der Waals surface area contributed by atoms with E-state index in [-0.39, 0.29) is 31.4 Å². The van der Waals surface area contributed by atoms with Crippen molar-refractivity contribution >= 4 is 40.5 Å². The number of H-pyrrole nitrogens is 1. The van der Waals surface area contributed by atoms with Crippen molar-refractivity contribution in [1.29, 1.82) is 0 Å². The number of aromatic hydroxyl groups is 1. The van der Waals surface area contributed by atoms with E-state index in [4.69, 9.17) is 11.5 Å². The van der Waals surface area contributed by atoms with Crippen molar-refractivity contribution in [3.63, 3.8) is 0 Å². The number of carboxylic acid groups (broad SMARTS) is 1. The molecule has 4 unspecified atom stereocenters. The largest absolute Gasteiger partial charge is 0.508 e. The van der Waals surface area contributed by atoms with E-state index in [0.29, 0.717) is 11.1 Å². The second-order valence-electron chi connectivity index (χ2n) is 9.75. The van der Waals surface area contributed by atoms with Crippen LogP contribution in [-0.4, -0.2) is 80.7 Å². The van der Waals surface area contributed by atoms with Crippen LogP contribution in [0.2, 0.25) is 0 Å². The van der Waals surface area contributed by atoms with Crippen molar-refractivity contribution in [2.75, 3.05) is 6.61 Å². The summed E-state index contributed by atoms with van der Waals surface area (Å²) >= 11 is 0. The molecule has 14 nitrogen and oxygen atoms in total. The van der Waals surface area contributed by atoms with Gasteiger partial charge in [0.25, 0.3) is 0 Å². The van der Waals surface area contributed by atoms with Crippen LogP contribution in [0.5, 0.6) is 5.75 Å². The van der Waals surface area contributed by atoms with Crippen LogP contribution in [0.1, 0.15) is 24.0 Å². The lowest BCUT2D eigenvalue weighted by molar-refractivity contribution is -0.143. The highest BCUT2D eigenvalue weighted by Gasteiger charge is 2.31. The highest BCUT2D eigenvalue weighted by Crippen LogP contribution is 2.19. The van der Waals surface area contributed by atoms with E-state index in [9.17, 15) is 39.3 Å². The first-order chi connectivity index (χ1) is 20.0. The molecule has 0 aliphatic carbocycles. The van der Waals surface area contributed by atoms with Crippen molar-refractivity contribution in [2.24, 2.45) is 11.5 Å². The van der Waals surface area contributed by atoms with Crippen molar-refractivity contribution < 1.29 is 39.3 Å². The second-order valence-corrected chi connectivity index (χ2v) is 9.75. The third-order valence-electron chi connectivity index (χ3n) is 6.58. The number of hydrogen-bond acceptors (Lipinski definition) is 8. The van der Waals surface area contributed by atoms with E-state index in [1.165, 1.54) is 12.1 Å². The Morgan fingerprint density at radius 1 is 0.833 bits per heavy atom. The number of carbonyl (C=O) groups excluding carboxylic acids is 4. The minimum Gasteiger partial charge on any atom is -0.508 e. The molecule has 224 valence electrons. The minimum absolute atomic E-state index is 0.00964. The van der Waals surface area contributed by atoms with Gasteiger partial charge in [-0.15, -0.1) is 0 Å². The summed E-state index contributed by atoms with van der Waals surface area (Å²) in [4.78, 5) is 65.3. The Hall–Kier alpha value is -4.95. The van der Waals surface area contributed by atoms with E-state index >= 15 is 0 Å². The Bertz CT molecular complexity index is 1420. The summed E-state index contributed by atoms with van der Waals surface area (Å²) < 4.78 is 0. The summed E-state index contributed by atoms with van der Waals surface area (Å²) in [5.41, 5.74) is 13.0. The maximum atomic E-state index is 13.6. The standard InChI is InChI=1S/C28H34N6O8/c29-19(9-10-24(30)37)25(38)32-21(11-15-5-7-17(36)8-6-15)26(39)33-22(27(40)34-23(14-35)28(41)42)12-16-13-31-20-4-2-1-3-18(16)20/h1-8,13,19,21-23,31,35-36H,9-12,14,29H2,(H2,30,37)(H,32,38)(H,33,39)(H,34,40)(H,41,42). The molecular formula is C28H34N6O8. The number of aliphatic hydroxyl groups excluding tert-OH is 1. The number of aliphatic hydroxyl groups is 1. The van der Waals surface area contributed by atoms with E-state index in [0.717, 1.165) is 10.9 Å². The van der Waals surface area contributed by atoms with Gasteiger partial charge in [-0.25, -0.2) is 4.79 Å². The van der Waals surface area contributed by atoms with Gasteiger partial charge in [0.1, 0.15) is 23.9 Å². The van der Waals surface area contributed by atoms with E-state index < -0.39 is 60.4 Å². The topological polar surface area (TPSA) is 250 Å². The maximum absolute atomic E-state index is 13.6. The van der Waals surface area contributed by atoms with Gasteiger partial charge in [0.15, 0.2) is 0 Å². The lowest BCUT2D eigenvalue weighted by Crippen LogP contribution is -2.58. The number of primary amides is 1. The molecule has 0 radical (unpaired) electrons. The number of benzene rings is 2. The van der Waals surface area contributed by atoms with Crippen LogP contribution in [0.4, 0.5) is 0 Å². The fourth-order valence-corrected chi connectivity index (χ4v) is 4.24. The third-order valence-corrected chi connectivity index (χ3v) is 6.58. The molecule has 1 aromatic heterocycles. The molecule has 14 heteroatoms. The lowest BCUT2D eigenvalue weighted by Gasteiger charge is -2.25. The molecule has 0 bridgehead atoms. The number of aromatic nitrogens is 1. The summed E-state index contributed by atoms with van der Waals surface area (Å²) in [5, 5.41) is 36.5. The van der Waals surface area contributed by atoms with Gasteiger partial charge in [0, 0.05) is 36.4 Å². The van der Waals surface area contributed by atoms with Gasteiger partial charge in [-0.2, -0.15) is 0 Å². The van der Waals surface area contributed by atoms with Crippen LogP contribution in [0.3, 0.4) is 0 Å². The van der Waals surface area contributed by atoms with E-state index in [1.54, 1.807) is 24.4 Å². The van der Waals surface area contributed by atoms with Crippen LogP contribution >= 0.6 is 0 Å². The number of phenols is 1. The quantitative estimate of drug-likeness (QED) is 0.104. The van der Waals surface area contributed by atoms with Gasteiger partial charge >= 0.3 is 5.97 Å². The monoisotopic (exact) mass is 582 g/mol. The first-order valence-electron chi connectivity index (χ1n) is 13.1. The van der Waals surface area contributed by atoms with Crippen molar-refractivity contribution in [3.05, 3.63) is 65.9 Å². The van der Waals surface area contributed by atoms with Gasteiger partial charge in [-0.1, -0.05) is 30.3 Å². The van der Waals surface area contributed by atoms with Crippen LogP contribution in [0, 0.1) is 0 Å². The van der Waals surface area contributed by atoms with Crippen molar-refractivity contribution in [1.82, 2.24) is 20.9 Å². The van der Waals surface area contributed by atoms with Crippen molar-refractivity contribution in [3.8, 4) is 5.75 Å². The Labute approximate surface area is 240 Å². The number of amides is 4. The number of phenolic OH excluding ortho intramolecular Hbond substituents is 1. The average molecular weight is 583 g/mol. The first kappa shape index (κ1) is 31.6. The second kappa shape index (κ2) is 14.6. The van der Waals surface area contributed by atoms with Gasteiger partial charge in [-0.05, 0) is 35.7 Å². The molecule has 0 aliphatic rings. The number of nitrogens with one attached hydrogen (secondary N) is 4. The molecule has 4 amide bonds. The number of hydrogen-bond donors (Lipinski definition) is 9. The van der Waals surface area contributed by atoms with E-state index in [2.05, 4.69) is 20.9 Å². The molecule has 0 fully saturated rings. The summed E-state index contributed by atoms with van der Waals surface area (Å²) in [6, 6.07) is 7.81. The summed E-state index contributed by atoms with van der Waals surface area (Å²) in [7, 11) is 0. The number of rotatable bonds is 15. The van der Waals surface area contributed by atoms with Crippen molar-refractivity contribution in [2.45, 2.75) is 49.9 Å². The molecule has 42 heavy (non-hydrogen) atoms. The number of fused-ring (bicyclic) bond motifs is 1. The number of aliphatic carboxylic acids is 1. The molecule has 0 saturated carbocycles. The van der Waals surface area contributed by atoms with Crippen LogP contribution in [-0.2, 0) is 36.8 Å². The van der Waals surface area contributed by atoms with Crippen LogP contribution in [0.15, 0.2) is 54.7 Å². The summed E-state index contributed by atoms with van der Waals surface area (Å²) in [6.07, 6.45) is 1.34. The Morgan fingerprint density at radius 3 is 2.05 bits per heavy atom. The molecule has 0 spiro atoms. The Morgan fingerprint density at radius 2 is 1.43 bits per heavy atom. The number of carboxylic acids is 1. The molecule has 4 atom stereocenters. The molecule has 11 N–H and O–H groups in total. The summed E-state index contributed by atoms with van der Waals surface area (Å²) in [6.45, 7) is -0.877. The van der Waals surface area contributed by atoms with Gasteiger partial charge in [0.2, 0.25) is 23.6 Å². The van der Waals surface area contributed by atoms with Crippen LogP contribution in [0.25, 0.3) is 10.9 Å². The molecule has 0 aliphatic heterocycles. The third kappa shape index (κ3) is 8.78. The van der Waals surface area contributed by atoms with Gasteiger partial charge in [0.05, 0.1) is 12.6 Å². The predicted molar refractivity (Wildman–Crippen MR) is 151 cm³/mol. The zero-order valence-electron chi connectivity index (χ0n) is 22.6. The summed E-state index contributed by atoms with van der Waals surface area (Å²) in [5.74, 6) is -4.52. The number of para-hydroxylation sites is 1. The molecular weight excluding hydrogens is 548 g/mol. The molecule has 0 saturated heterocycles. The van der Waals surface area contributed by atoms with E-state index in [1.807, 2.05) is 18.2 Å². The highest BCUT2D eigenvalue weighted by atomic mass is 16.4. The predicted octanol–water partition coefficient (Wildman–Crippen LogP) is -1.22. The molecule has 3 rings (SSSR count). The minimum atomic E-state index is -1.62. The Balaban J connectivity index is 1.88. The lowest BCUT2D eigenvalue weighted by atomic mass is 10.0. The zero-order valence-corrected chi connectivity index (χ0v) is 22.6. The SMILES string of the molecule is NC(=O)CCC(N)C(=O)NC(Cc1ccc(O)cc1)C(=O)NC(Cc1c[nH]c2ccccc12)C(=O)NC(CO)C(=O)O. The van der Waals surface area contributed by atoms with Gasteiger partial charge < -0.3 is 47.7 Å². The van der Waals surface area contributed by atoms with Gasteiger partial charge in [-0.3, -0.25) is 19.2 Å². The number of nitrogens with two attached hydrogens (primary N) is 2.